The number of hydrogen-bond donors (Lipinski definition) is 2. The maximum absolute atomic E-state index is 11.3. The van der Waals surface area contributed by atoms with Crippen LogP contribution in [0.15, 0.2) is 42.1 Å². The SMILES string of the molecule is COCCN1/C(=C/c2ccc(O)c(C(=O)O)c2)C(C)(C)c2cc(Cl)ccc21. The van der Waals surface area contributed by atoms with Crippen molar-refractivity contribution in [2.24, 2.45) is 0 Å². The number of hydrogen-bond acceptors (Lipinski definition) is 4. The predicted molar refractivity (Wildman–Crippen MR) is 107 cm³/mol. The minimum Gasteiger partial charge on any atom is -0.507 e. The molecular formula is C21H22ClNO4. The molecule has 1 aliphatic heterocycles. The molecule has 0 saturated carbocycles. The molecular weight excluding hydrogens is 366 g/mol. The molecule has 142 valence electrons. The summed E-state index contributed by atoms with van der Waals surface area (Å²) in [7, 11) is 1.66. The third kappa shape index (κ3) is 3.53. The highest BCUT2D eigenvalue weighted by molar-refractivity contribution is 6.30. The number of carboxylic acids is 1. The Morgan fingerprint density at radius 2 is 2.00 bits per heavy atom. The molecule has 27 heavy (non-hydrogen) atoms. The second kappa shape index (κ2) is 7.25. The molecule has 6 heteroatoms. The van der Waals surface area contributed by atoms with Crippen LogP contribution >= 0.6 is 11.6 Å². The van der Waals surface area contributed by atoms with Gasteiger partial charge < -0.3 is 19.8 Å². The van der Waals surface area contributed by atoms with Crippen LogP contribution in [0.1, 0.15) is 35.3 Å². The number of halogens is 1. The van der Waals surface area contributed by atoms with Gasteiger partial charge in [-0.05, 0) is 47.5 Å². The fourth-order valence-electron chi connectivity index (χ4n) is 3.50. The van der Waals surface area contributed by atoms with Crippen LogP contribution in [0.2, 0.25) is 5.02 Å². The molecule has 0 unspecified atom stereocenters. The molecule has 5 nitrogen and oxygen atoms in total. The molecule has 1 heterocycles. The van der Waals surface area contributed by atoms with E-state index >= 15 is 0 Å². The average Bonchev–Trinajstić information content (AvgIpc) is 2.81. The van der Waals surface area contributed by atoms with Crippen LogP contribution < -0.4 is 4.90 Å². The molecule has 0 aromatic heterocycles. The summed E-state index contributed by atoms with van der Waals surface area (Å²) in [6.07, 6.45) is 1.95. The zero-order valence-electron chi connectivity index (χ0n) is 15.5. The number of phenols is 1. The Labute approximate surface area is 163 Å². The Bertz CT molecular complexity index is 920. The van der Waals surface area contributed by atoms with E-state index in [9.17, 15) is 15.0 Å². The van der Waals surface area contributed by atoms with Crippen LogP contribution in [-0.4, -0.2) is 36.4 Å². The number of rotatable bonds is 5. The van der Waals surface area contributed by atoms with E-state index in [1.807, 2.05) is 24.3 Å². The third-order valence-electron chi connectivity index (χ3n) is 4.93. The predicted octanol–water partition coefficient (Wildman–Crippen LogP) is 4.53. The van der Waals surface area contributed by atoms with Gasteiger partial charge in [0, 0.05) is 35.5 Å². The zero-order valence-corrected chi connectivity index (χ0v) is 16.2. The topological polar surface area (TPSA) is 70.0 Å². The lowest BCUT2D eigenvalue weighted by Gasteiger charge is -2.27. The lowest BCUT2D eigenvalue weighted by molar-refractivity contribution is 0.0693. The fraction of sp³-hybridized carbons (Fsp3) is 0.286. The molecule has 2 aromatic carbocycles. The van der Waals surface area contributed by atoms with E-state index in [4.69, 9.17) is 16.3 Å². The van der Waals surface area contributed by atoms with Gasteiger partial charge in [0.25, 0.3) is 0 Å². The molecule has 0 fully saturated rings. The van der Waals surface area contributed by atoms with Crippen LogP contribution in [0.3, 0.4) is 0 Å². The summed E-state index contributed by atoms with van der Waals surface area (Å²) in [6.45, 7) is 5.42. The average molecular weight is 388 g/mol. The zero-order chi connectivity index (χ0) is 19.8. The smallest absolute Gasteiger partial charge is 0.339 e. The summed E-state index contributed by atoms with van der Waals surface area (Å²) in [4.78, 5) is 13.5. The van der Waals surface area contributed by atoms with E-state index in [0.717, 1.165) is 16.9 Å². The van der Waals surface area contributed by atoms with Crippen LogP contribution in [-0.2, 0) is 10.2 Å². The van der Waals surface area contributed by atoms with Gasteiger partial charge in [0.2, 0.25) is 0 Å². The molecule has 2 N–H and O–H groups in total. The van der Waals surface area contributed by atoms with Gasteiger partial charge in [-0.2, -0.15) is 0 Å². The Balaban J connectivity index is 2.13. The van der Waals surface area contributed by atoms with Crippen molar-refractivity contribution >= 4 is 29.3 Å². The normalized spacial score (nSPS) is 16.6. The summed E-state index contributed by atoms with van der Waals surface area (Å²) >= 11 is 6.23. The maximum atomic E-state index is 11.3. The molecule has 0 atom stereocenters. The summed E-state index contributed by atoms with van der Waals surface area (Å²) in [5, 5.41) is 19.7. The van der Waals surface area contributed by atoms with Gasteiger partial charge in [0.15, 0.2) is 0 Å². The first-order valence-electron chi connectivity index (χ1n) is 8.60. The van der Waals surface area contributed by atoms with Crippen molar-refractivity contribution in [1.29, 1.82) is 0 Å². The molecule has 0 aliphatic carbocycles. The van der Waals surface area contributed by atoms with Crippen LogP contribution in [0.25, 0.3) is 6.08 Å². The second-order valence-corrected chi connectivity index (χ2v) is 7.48. The number of aromatic carboxylic acids is 1. The first-order valence-corrected chi connectivity index (χ1v) is 8.98. The number of aromatic hydroxyl groups is 1. The number of nitrogens with zero attached hydrogens (tertiary/aromatic N) is 1. The van der Waals surface area contributed by atoms with Crippen molar-refractivity contribution < 1.29 is 19.7 Å². The summed E-state index contributed by atoms with van der Waals surface area (Å²) in [5.74, 6) is -1.41. The number of anilines is 1. The standard InChI is InChI=1S/C21H22ClNO4/c1-21(2)16-12-14(22)5-6-17(16)23(8-9-27-3)19(21)11-13-4-7-18(24)15(10-13)20(25)26/h4-7,10-12,24H,8-9H2,1-3H3,(H,25,26)/b19-11+. The van der Waals surface area contributed by atoms with Crippen LogP contribution in [0, 0.1) is 0 Å². The third-order valence-corrected chi connectivity index (χ3v) is 5.16. The van der Waals surface area contributed by atoms with Crippen molar-refractivity contribution in [3.05, 3.63) is 63.8 Å². The molecule has 0 amide bonds. The van der Waals surface area contributed by atoms with Gasteiger partial charge in [-0.25, -0.2) is 4.79 Å². The van der Waals surface area contributed by atoms with E-state index in [2.05, 4.69) is 18.7 Å². The highest BCUT2D eigenvalue weighted by Gasteiger charge is 2.40. The summed E-state index contributed by atoms with van der Waals surface area (Å²) in [6, 6.07) is 10.4. The minimum absolute atomic E-state index is 0.121. The van der Waals surface area contributed by atoms with Gasteiger partial charge in [-0.1, -0.05) is 31.5 Å². The van der Waals surface area contributed by atoms with Gasteiger partial charge in [-0.15, -0.1) is 0 Å². The minimum atomic E-state index is -1.16. The number of carboxylic acid groups (broad SMARTS) is 1. The Morgan fingerprint density at radius 1 is 1.26 bits per heavy atom. The van der Waals surface area contributed by atoms with Gasteiger partial charge in [0.05, 0.1) is 6.61 Å². The Morgan fingerprint density at radius 3 is 2.67 bits per heavy atom. The van der Waals surface area contributed by atoms with Crippen molar-refractivity contribution in [3.63, 3.8) is 0 Å². The summed E-state index contributed by atoms with van der Waals surface area (Å²) in [5.41, 5.74) is 3.44. The highest BCUT2D eigenvalue weighted by Crippen LogP contribution is 2.49. The number of allylic oxidation sites excluding steroid dienone is 1. The Hall–Kier alpha value is -2.50. The van der Waals surface area contributed by atoms with E-state index in [1.165, 1.54) is 12.1 Å². The molecule has 2 aromatic rings. The lowest BCUT2D eigenvalue weighted by Crippen LogP contribution is -2.28. The number of benzene rings is 2. The van der Waals surface area contributed by atoms with Crippen LogP contribution in [0.4, 0.5) is 5.69 Å². The second-order valence-electron chi connectivity index (χ2n) is 7.04. The number of methoxy groups -OCH3 is 1. The van der Waals surface area contributed by atoms with Gasteiger partial charge in [-0.3, -0.25) is 0 Å². The molecule has 3 rings (SSSR count). The number of ether oxygens (including phenoxy) is 1. The molecule has 0 bridgehead atoms. The van der Waals surface area contributed by atoms with Crippen molar-refractivity contribution in [1.82, 2.24) is 0 Å². The van der Waals surface area contributed by atoms with Gasteiger partial charge in [0.1, 0.15) is 11.3 Å². The molecule has 1 aliphatic rings. The quantitative estimate of drug-likeness (QED) is 0.788. The molecule has 0 saturated heterocycles. The lowest BCUT2D eigenvalue weighted by atomic mass is 9.83. The van der Waals surface area contributed by atoms with E-state index in [1.54, 1.807) is 13.2 Å². The van der Waals surface area contributed by atoms with Crippen LogP contribution in [0.5, 0.6) is 5.75 Å². The fourth-order valence-corrected chi connectivity index (χ4v) is 3.68. The number of fused-ring (bicyclic) bond motifs is 1. The monoisotopic (exact) mass is 387 g/mol. The largest absolute Gasteiger partial charge is 0.507 e. The van der Waals surface area contributed by atoms with Crippen molar-refractivity contribution in [2.45, 2.75) is 19.3 Å². The van der Waals surface area contributed by atoms with Crippen molar-refractivity contribution in [3.8, 4) is 5.75 Å². The summed E-state index contributed by atoms with van der Waals surface area (Å²) < 4.78 is 5.27. The molecule has 0 radical (unpaired) electrons. The Kier molecular flexibility index (Phi) is 5.18. The first kappa shape index (κ1) is 19.3. The van der Waals surface area contributed by atoms with E-state index < -0.39 is 5.97 Å². The molecule has 0 spiro atoms. The highest BCUT2D eigenvalue weighted by atomic mass is 35.5. The van der Waals surface area contributed by atoms with Gasteiger partial charge >= 0.3 is 5.97 Å². The first-order chi connectivity index (χ1) is 12.8. The van der Waals surface area contributed by atoms with Crippen molar-refractivity contribution in [2.75, 3.05) is 25.2 Å². The number of carbonyl (C=O) groups is 1. The van der Waals surface area contributed by atoms with E-state index in [-0.39, 0.29) is 16.7 Å². The maximum Gasteiger partial charge on any atom is 0.339 e. The van der Waals surface area contributed by atoms with E-state index in [0.29, 0.717) is 23.7 Å².